The molecule has 0 N–H and O–H groups in total. The summed E-state index contributed by atoms with van der Waals surface area (Å²) in [5, 5.41) is 14.8. The Hall–Kier alpha value is -9.86. The van der Waals surface area contributed by atoms with Crippen LogP contribution in [0.3, 0.4) is 0 Å². The Balaban J connectivity index is 0.822. The van der Waals surface area contributed by atoms with Crippen molar-refractivity contribution in [3.05, 3.63) is 243 Å². The zero-order valence-electron chi connectivity index (χ0n) is 41.6. The molecule has 0 atom stereocenters. The molecule has 18 rings (SSSR count). The van der Waals surface area contributed by atoms with E-state index in [0.717, 1.165) is 67.5 Å². The normalized spacial score (nSPS) is 12.4. The topological polar surface area (TPSA) is 45.5 Å². The average molecular weight is 1030 g/mol. The summed E-state index contributed by atoms with van der Waals surface area (Å²) in [6.45, 7) is 0. The minimum atomic E-state index is 0.861. The number of thiophene rings is 2. The van der Waals surface area contributed by atoms with E-state index in [2.05, 4.69) is 261 Å². The van der Waals surface area contributed by atoms with Gasteiger partial charge in [0, 0.05) is 68.6 Å². The van der Waals surface area contributed by atoms with Crippen LogP contribution in [-0.2, 0) is 0 Å². The Bertz CT molecular complexity index is 5570. The first-order valence-corrected chi connectivity index (χ1v) is 28.0. The molecule has 0 unspecified atom stereocenters. The Labute approximate surface area is 452 Å². The van der Waals surface area contributed by atoms with Crippen LogP contribution < -0.4 is 0 Å². The summed E-state index contributed by atoms with van der Waals surface area (Å²) in [6.07, 6.45) is 0. The number of benzene rings is 12. The molecule has 0 aliphatic heterocycles. The van der Waals surface area contributed by atoms with Crippen LogP contribution in [0.2, 0.25) is 0 Å². The van der Waals surface area contributed by atoms with Crippen LogP contribution in [0.15, 0.2) is 243 Å². The third-order valence-corrected chi connectivity index (χ3v) is 18.7. The van der Waals surface area contributed by atoms with E-state index in [1.54, 1.807) is 0 Å². The second-order valence-corrected chi connectivity index (χ2v) is 22.7. The summed E-state index contributed by atoms with van der Waals surface area (Å²) in [4.78, 5) is 11.0. The van der Waals surface area contributed by atoms with E-state index >= 15 is 0 Å². The number of nitrogens with zero attached hydrogens (tertiary/aromatic N) is 6. The zero-order chi connectivity index (χ0) is 50.7. The van der Waals surface area contributed by atoms with Crippen molar-refractivity contribution in [2.45, 2.75) is 0 Å². The molecule has 0 radical (unpaired) electrons. The molecule has 18 aromatic rings. The van der Waals surface area contributed by atoms with E-state index in [-0.39, 0.29) is 0 Å². The number of fused-ring (bicyclic) bond motifs is 18. The molecule has 6 nitrogen and oxygen atoms in total. The smallest absolute Gasteiger partial charge is 0.220 e. The zero-order valence-corrected chi connectivity index (χ0v) is 43.2. The fourth-order valence-corrected chi connectivity index (χ4v) is 15.2. The van der Waals surface area contributed by atoms with E-state index in [9.17, 15) is 0 Å². The molecule has 0 spiro atoms. The van der Waals surface area contributed by atoms with E-state index in [1.165, 1.54) is 94.5 Å². The molecular formula is C70H40N6S2. The molecule has 6 heterocycles. The van der Waals surface area contributed by atoms with Gasteiger partial charge in [-0.1, -0.05) is 146 Å². The maximum Gasteiger partial charge on any atom is 0.220 e. The Kier molecular flexibility index (Phi) is 8.61. The Morgan fingerprint density at radius 1 is 0.282 bits per heavy atom. The maximum absolute atomic E-state index is 5.51. The van der Waals surface area contributed by atoms with Crippen molar-refractivity contribution in [3.63, 3.8) is 0 Å². The molecular weight excluding hydrogens is 989 g/mol. The van der Waals surface area contributed by atoms with Crippen molar-refractivity contribution >= 4 is 150 Å². The highest BCUT2D eigenvalue weighted by Gasteiger charge is 2.26. The molecule has 78 heavy (non-hydrogen) atoms. The monoisotopic (exact) mass is 1030 g/mol. The van der Waals surface area contributed by atoms with Gasteiger partial charge in [-0.2, -0.15) is 0 Å². The standard InChI is InChI=1S/C70H40N6S2/c1-2-17-46(18-3-1)73-58-23-11-10-22-57(58)72-70(73)76-60-34-28-42-14-6-7-19-48(42)66(60)51-33-32-50-54-37-45(29-35-64(54)78-68(50)67(51)76)41-26-30-47(31-27-41)74-59-24-12-9-21-56(59)71-69(74)75-61-38-44-16-5-4-15-43(44)36-52(61)53-40-65-55(39-62(53)75)49-20-8-13-25-63(49)77-65/h1-40H. The fourth-order valence-electron chi connectivity index (χ4n) is 12.8. The Morgan fingerprint density at radius 2 is 0.872 bits per heavy atom. The first-order chi connectivity index (χ1) is 38.7. The van der Waals surface area contributed by atoms with E-state index in [1.807, 2.05) is 22.7 Å². The SMILES string of the molecule is c1ccc(-n2c(-n3c4ccc5ccccc5c4c4ccc5c6cc(-c7ccc(-n8c(-n9c%10cc%11ccccc%11cc%10c%10cc%11sc%12ccccc%12c%11cc%109)nc9ccccc98)cc7)ccc6sc5c43)nc3ccccc32)cc1. The summed E-state index contributed by atoms with van der Waals surface area (Å²) in [7, 11) is 0. The van der Waals surface area contributed by atoms with Crippen LogP contribution in [0.1, 0.15) is 0 Å². The molecule has 0 aliphatic carbocycles. The second kappa shape index (κ2) is 15.8. The molecule has 0 aliphatic rings. The van der Waals surface area contributed by atoms with Crippen LogP contribution in [0.4, 0.5) is 0 Å². The molecule has 0 fully saturated rings. The van der Waals surface area contributed by atoms with Gasteiger partial charge >= 0.3 is 0 Å². The molecule has 0 saturated heterocycles. The van der Waals surface area contributed by atoms with Gasteiger partial charge in [-0.15, -0.1) is 22.7 Å². The highest BCUT2D eigenvalue weighted by atomic mass is 32.1. The molecule has 8 heteroatoms. The van der Waals surface area contributed by atoms with E-state index in [4.69, 9.17) is 9.97 Å². The van der Waals surface area contributed by atoms with Crippen molar-refractivity contribution in [2.24, 2.45) is 0 Å². The van der Waals surface area contributed by atoms with Crippen LogP contribution >= 0.6 is 22.7 Å². The fraction of sp³-hybridized carbons (Fsp3) is 0. The van der Waals surface area contributed by atoms with Crippen molar-refractivity contribution in [1.29, 1.82) is 0 Å². The van der Waals surface area contributed by atoms with Crippen LogP contribution in [0.25, 0.3) is 162 Å². The molecule has 0 amide bonds. The molecule has 0 saturated carbocycles. The minimum Gasteiger partial charge on any atom is -0.279 e. The predicted octanol–water partition coefficient (Wildman–Crippen LogP) is 19.3. The average Bonchev–Trinajstić information content (AvgIpc) is 4.33. The van der Waals surface area contributed by atoms with Gasteiger partial charge < -0.3 is 0 Å². The van der Waals surface area contributed by atoms with Crippen LogP contribution in [0, 0.1) is 0 Å². The third-order valence-electron chi connectivity index (χ3n) is 16.3. The summed E-state index contributed by atoms with van der Waals surface area (Å²) < 4.78 is 14.6. The predicted molar refractivity (Wildman–Crippen MR) is 331 cm³/mol. The van der Waals surface area contributed by atoms with E-state index in [0.29, 0.717) is 0 Å². The number of rotatable bonds is 5. The molecule has 6 aromatic heterocycles. The Morgan fingerprint density at radius 3 is 1.67 bits per heavy atom. The van der Waals surface area contributed by atoms with Crippen molar-refractivity contribution in [2.75, 3.05) is 0 Å². The lowest BCUT2D eigenvalue weighted by Gasteiger charge is -2.13. The van der Waals surface area contributed by atoms with Crippen molar-refractivity contribution < 1.29 is 0 Å². The van der Waals surface area contributed by atoms with Gasteiger partial charge in [0.05, 0.1) is 48.8 Å². The summed E-state index contributed by atoms with van der Waals surface area (Å²) >= 11 is 3.73. The molecule has 362 valence electrons. The van der Waals surface area contributed by atoms with Crippen LogP contribution in [-0.4, -0.2) is 28.2 Å². The molecule has 12 aromatic carbocycles. The lowest BCUT2D eigenvalue weighted by molar-refractivity contribution is 0.956. The highest BCUT2D eigenvalue weighted by molar-refractivity contribution is 7.27. The second-order valence-electron chi connectivity index (χ2n) is 20.5. The van der Waals surface area contributed by atoms with Gasteiger partial charge in [0.2, 0.25) is 11.9 Å². The minimum absolute atomic E-state index is 0.861. The van der Waals surface area contributed by atoms with Gasteiger partial charge in [-0.3, -0.25) is 18.3 Å². The van der Waals surface area contributed by atoms with Gasteiger partial charge in [-0.25, -0.2) is 9.97 Å². The summed E-state index contributed by atoms with van der Waals surface area (Å²) in [6, 6.07) is 88.8. The number of aromatic nitrogens is 6. The van der Waals surface area contributed by atoms with Gasteiger partial charge in [-0.05, 0) is 130 Å². The quantitative estimate of drug-likeness (QED) is 0.172. The van der Waals surface area contributed by atoms with Crippen molar-refractivity contribution in [3.8, 4) is 34.4 Å². The van der Waals surface area contributed by atoms with Gasteiger partial charge in [0.25, 0.3) is 0 Å². The maximum atomic E-state index is 5.51. The number of para-hydroxylation sites is 5. The number of hydrogen-bond acceptors (Lipinski definition) is 4. The first kappa shape index (κ1) is 42.4. The van der Waals surface area contributed by atoms with Crippen molar-refractivity contribution in [1.82, 2.24) is 28.2 Å². The number of hydrogen-bond donors (Lipinski definition) is 0. The summed E-state index contributed by atoms with van der Waals surface area (Å²) in [5.74, 6) is 1.73. The van der Waals surface area contributed by atoms with Gasteiger partial charge in [0.15, 0.2) is 0 Å². The van der Waals surface area contributed by atoms with E-state index < -0.39 is 0 Å². The lowest BCUT2D eigenvalue weighted by atomic mass is 10.0. The molecule has 0 bridgehead atoms. The lowest BCUT2D eigenvalue weighted by Crippen LogP contribution is -2.05. The van der Waals surface area contributed by atoms with Crippen LogP contribution in [0.5, 0.6) is 0 Å². The largest absolute Gasteiger partial charge is 0.279 e. The van der Waals surface area contributed by atoms with Gasteiger partial charge in [0.1, 0.15) is 0 Å². The third kappa shape index (κ3) is 5.90. The highest BCUT2D eigenvalue weighted by Crippen LogP contribution is 2.47. The summed E-state index contributed by atoms with van der Waals surface area (Å²) in [5.41, 5.74) is 13.1. The first-order valence-electron chi connectivity index (χ1n) is 26.4. The number of imidazole rings is 2.